The molecule has 168 valence electrons. The number of amides is 2. The number of hydrogen-bond acceptors (Lipinski definition) is 3. The maximum Gasteiger partial charge on any atom is 0.242 e. The molecule has 2 amide bonds. The van der Waals surface area contributed by atoms with Crippen LogP contribution in [0.5, 0.6) is 5.75 Å². The second-order valence-corrected chi connectivity index (χ2v) is 8.36. The fraction of sp³-hybridized carbons (Fsp3) is 0.417. The van der Waals surface area contributed by atoms with Gasteiger partial charge < -0.3 is 15.0 Å². The summed E-state index contributed by atoms with van der Waals surface area (Å²) in [6, 6.07) is 13.9. The summed E-state index contributed by atoms with van der Waals surface area (Å²) in [6.07, 6.45) is 1.61. The smallest absolute Gasteiger partial charge is 0.242 e. The molecular weight excluding hydrogens is 435 g/mol. The number of nitrogens with one attached hydrogen (secondary N) is 1. The average molecular weight is 465 g/mol. The average Bonchev–Trinajstić information content (AvgIpc) is 2.76. The largest absolute Gasteiger partial charge is 0.494 e. The van der Waals surface area contributed by atoms with Gasteiger partial charge in [0.25, 0.3) is 0 Å². The number of nitrogens with zero attached hydrogens (tertiary/aromatic N) is 1. The summed E-state index contributed by atoms with van der Waals surface area (Å²) in [7, 11) is 0. The lowest BCUT2D eigenvalue weighted by molar-refractivity contribution is -0.141. The first-order valence-corrected chi connectivity index (χ1v) is 11.3. The Morgan fingerprint density at radius 1 is 1.06 bits per heavy atom. The van der Waals surface area contributed by atoms with Crippen molar-refractivity contribution in [1.29, 1.82) is 0 Å². The molecule has 2 aromatic rings. The van der Waals surface area contributed by atoms with Crippen molar-refractivity contribution in [2.24, 2.45) is 0 Å². The van der Waals surface area contributed by atoms with E-state index in [1.54, 1.807) is 42.2 Å². The third-order valence-corrected chi connectivity index (χ3v) is 5.70. The van der Waals surface area contributed by atoms with Crippen LogP contribution in [0.2, 0.25) is 10.0 Å². The zero-order valence-electron chi connectivity index (χ0n) is 18.2. The molecule has 0 radical (unpaired) electrons. The van der Waals surface area contributed by atoms with Gasteiger partial charge >= 0.3 is 0 Å². The maximum absolute atomic E-state index is 13.0. The predicted octanol–water partition coefficient (Wildman–Crippen LogP) is 5.48. The van der Waals surface area contributed by atoms with Gasteiger partial charge in [-0.2, -0.15) is 0 Å². The van der Waals surface area contributed by atoms with Crippen LogP contribution in [0.4, 0.5) is 0 Å². The van der Waals surface area contributed by atoms with Gasteiger partial charge in [0, 0.05) is 29.1 Å². The van der Waals surface area contributed by atoms with Crippen LogP contribution in [0.1, 0.15) is 45.6 Å². The van der Waals surface area contributed by atoms with Crippen molar-refractivity contribution in [3.05, 3.63) is 64.1 Å². The lowest BCUT2D eigenvalue weighted by atomic mass is 10.1. The number of halogens is 2. The molecule has 0 aromatic heterocycles. The molecule has 31 heavy (non-hydrogen) atoms. The molecule has 2 rings (SSSR count). The van der Waals surface area contributed by atoms with E-state index in [4.69, 9.17) is 27.9 Å². The van der Waals surface area contributed by atoms with E-state index in [0.29, 0.717) is 28.8 Å². The monoisotopic (exact) mass is 464 g/mol. The minimum Gasteiger partial charge on any atom is -0.494 e. The fourth-order valence-corrected chi connectivity index (χ4v) is 3.27. The van der Waals surface area contributed by atoms with Gasteiger partial charge in [0.1, 0.15) is 11.8 Å². The van der Waals surface area contributed by atoms with Gasteiger partial charge in [-0.25, -0.2) is 0 Å². The molecule has 2 aromatic carbocycles. The molecule has 0 aliphatic carbocycles. The van der Waals surface area contributed by atoms with E-state index in [0.717, 1.165) is 12.0 Å². The van der Waals surface area contributed by atoms with E-state index in [-0.39, 0.29) is 30.8 Å². The first kappa shape index (κ1) is 25.0. The van der Waals surface area contributed by atoms with Crippen LogP contribution in [0.3, 0.4) is 0 Å². The number of carbonyl (C=O) groups is 2. The highest BCUT2D eigenvalue weighted by molar-refractivity contribution is 6.31. The molecule has 7 heteroatoms. The van der Waals surface area contributed by atoms with Crippen molar-refractivity contribution in [2.45, 2.75) is 58.7 Å². The standard InChI is InChI=1S/C24H30Cl2N2O3/c1-4-17(2)27-24(30)18(3)28(16-19-8-5-6-9-22(19)26)23(29)10-7-15-31-21-13-11-20(25)12-14-21/h5-6,8-9,11-14,17-18H,4,7,10,15-16H2,1-3H3,(H,27,30)/t17-,18-/m1/s1. The van der Waals surface area contributed by atoms with Crippen molar-refractivity contribution in [3.8, 4) is 5.75 Å². The Bertz CT molecular complexity index is 858. The van der Waals surface area contributed by atoms with Gasteiger partial charge in [-0.05, 0) is 62.6 Å². The molecule has 0 saturated carbocycles. The Morgan fingerprint density at radius 3 is 2.39 bits per heavy atom. The molecule has 0 bridgehead atoms. The van der Waals surface area contributed by atoms with Crippen LogP contribution in [-0.2, 0) is 16.1 Å². The minimum absolute atomic E-state index is 0.0417. The van der Waals surface area contributed by atoms with Crippen molar-refractivity contribution in [1.82, 2.24) is 10.2 Å². The molecule has 1 N–H and O–H groups in total. The number of rotatable bonds is 11. The van der Waals surface area contributed by atoms with Gasteiger partial charge in [0.15, 0.2) is 0 Å². The van der Waals surface area contributed by atoms with Gasteiger partial charge in [-0.1, -0.05) is 48.3 Å². The minimum atomic E-state index is -0.616. The zero-order valence-corrected chi connectivity index (χ0v) is 19.7. The van der Waals surface area contributed by atoms with Crippen LogP contribution < -0.4 is 10.1 Å². The Morgan fingerprint density at radius 2 is 1.74 bits per heavy atom. The Labute approximate surface area is 194 Å². The van der Waals surface area contributed by atoms with E-state index in [9.17, 15) is 9.59 Å². The van der Waals surface area contributed by atoms with Crippen molar-refractivity contribution >= 4 is 35.0 Å². The van der Waals surface area contributed by atoms with Crippen LogP contribution in [-0.4, -0.2) is 35.4 Å². The van der Waals surface area contributed by atoms with E-state index < -0.39 is 6.04 Å². The molecule has 2 atom stereocenters. The normalized spacial score (nSPS) is 12.7. The summed E-state index contributed by atoms with van der Waals surface area (Å²) >= 11 is 12.2. The van der Waals surface area contributed by atoms with Gasteiger partial charge in [0.2, 0.25) is 11.8 Å². The van der Waals surface area contributed by atoms with Crippen molar-refractivity contribution in [3.63, 3.8) is 0 Å². The Kier molecular flexibility index (Phi) is 10.2. The highest BCUT2D eigenvalue weighted by Crippen LogP contribution is 2.20. The highest BCUT2D eigenvalue weighted by Gasteiger charge is 2.27. The number of benzene rings is 2. The third-order valence-electron chi connectivity index (χ3n) is 5.08. The summed E-state index contributed by atoms with van der Waals surface area (Å²) in [6.45, 7) is 6.35. The summed E-state index contributed by atoms with van der Waals surface area (Å²) in [5.41, 5.74) is 0.804. The van der Waals surface area contributed by atoms with Crippen molar-refractivity contribution < 1.29 is 14.3 Å². The topological polar surface area (TPSA) is 58.6 Å². The molecule has 0 saturated heterocycles. The molecular formula is C24H30Cl2N2O3. The third kappa shape index (κ3) is 8.08. The lowest BCUT2D eigenvalue weighted by Crippen LogP contribution is -2.49. The summed E-state index contributed by atoms with van der Waals surface area (Å²) < 4.78 is 5.67. The summed E-state index contributed by atoms with van der Waals surface area (Å²) in [4.78, 5) is 27.3. The van der Waals surface area contributed by atoms with E-state index in [1.807, 2.05) is 32.0 Å². The first-order valence-electron chi connectivity index (χ1n) is 10.5. The zero-order chi connectivity index (χ0) is 22.8. The van der Waals surface area contributed by atoms with Gasteiger partial charge in [0.05, 0.1) is 6.61 Å². The van der Waals surface area contributed by atoms with Crippen LogP contribution in [0.15, 0.2) is 48.5 Å². The summed E-state index contributed by atoms with van der Waals surface area (Å²) in [5.74, 6) is 0.407. The molecule has 5 nitrogen and oxygen atoms in total. The van der Waals surface area contributed by atoms with E-state index in [1.165, 1.54) is 0 Å². The van der Waals surface area contributed by atoms with Gasteiger partial charge in [-0.15, -0.1) is 0 Å². The van der Waals surface area contributed by atoms with Crippen LogP contribution in [0, 0.1) is 0 Å². The number of carbonyl (C=O) groups excluding carboxylic acids is 2. The molecule has 0 aliphatic heterocycles. The van der Waals surface area contributed by atoms with Gasteiger partial charge in [-0.3, -0.25) is 9.59 Å². The molecule has 0 aliphatic rings. The van der Waals surface area contributed by atoms with Crippen molar-refractivity contribution in [2.75, 3.05) is 6.61 Å². The SMILES string of the molecule is CC[C@@H](C)NC(=O)[C@@H](C)N(Cc1ccccc1Cl)C(=O)CCCOc1ccc(Cl)cc1. The highest BCUT2D eigenvalue weighted by atomic mass is 35.5. The lowest BCUT2D eigenvalue weighted by Gasteiger charge is -2.30. The Balaban J connectivity index is 2.01. The summed E-state index contributed by atoms with van der Waals surface area (Å²) in [5, 5.41) is 4.17. The second-order valence-electron chi connectivity index (χ2n) is 7.51. The maximum atomic E-state index is 13.0. The second kappa shape index (κ2) is 12.6. The van der Waals surface area contributed by atoms with E-state index in [2.05, 4.69) is 5.32 Å². The van der Waals surface area contributed by atoms with E-state index >= 15 is 0 Å². The molecule has 0 fully saturated rings. The predicted molar refractivity (Wildman–Crippen MR) is 126 cm³/mol. The molecule has 0 unspecified atom stereocenters. The fourth-order valence-electron chi connectivity index (χ4n) is 2.95. The molecule has 0 spiro atoms. The van der Waals surface area contributed by atoms with Crippen LogP contribution >= 0.6 is 23.2 Å². The molecule has 0 heterocycles. The van der Waals surface area contributed by atoms with Crippen LogP contribution in [0.25, 0.3) is 0 Å². The number of ether oxygens (including phenoxy) is 1. The Hall–Kier alpha value is -2.24. The first-order chi connectivity index (χ1) is 14.8. The number of hydrogen-bond donors (Lipinski definition) is 1. The quantitative estimate of drug-likeness (QED) is 0.447.